The molecular weight excluding hydrogens is 370 g/mol. The first-order valence-corrected chi connectivity index (χ1v) is 15.8. The zero-order valence-electron chi connectivity index (χ0n) is 19.7. The van der Waals surface area contributed by atoms with Crippen LogP contribution in [0.25, 0.3) is 0 Å². The number of rotatable bonds is 9. The highest BCUT2D eigenvalue weighted by Gasteiger charge is 2.47. The van der Waals surface area contributed by atoms with Crippen LogP contribution in [-0.4, -0.2) is 41.8 Å². The van der Waals surface area contributed by atoms with Crippen LogP contribution >= 0.6 is 0 Å². The standard InChI is InChI=1S/C21H45NO3Si2/c1-15(2)27(16(3)4,17(5)6)24-14-19(18-12-20(23)22-13-18)25-26(10,11)21(7,8)9/h15-19H,12-14H2,1-11H3,(H,22,23)/t18-,19?/m1/s1. The Morgan fingerprint density at radius 2 is 1.52 bits per heavy atom. The normalized spacial score (nSPS) is 20.7. The third kappa shape index (κ3) is 5.67. The number of hydrogen-bond donors (Lipinski definition) is 1. The third-order valence-electron chi connectivity index (χ3n) is 6.99. The highest BCUT2D eigenvalue weighted by molar-refractivity contribution is 6.77. The summed E-state index contributed by atoms with van der Waals surface area (Å²) in [6.07, 6.45) is 0.551. The lowest BCUT2D eigenvalue weighted by Gasteiger charge is -2.45. The Hall–Kier alpha value is -0.176. The predicted molar refractivity (Wildman–Crippen MR) is 120 cm³/mol. The molecule has 0 aromatic carbocycles. The molecule has 1 N–H and O–H groups in total. The van der Waals surface area contributed by atoms with Gasteiger partial charge >= 0.3 is 0 Å². The minimum atomic E-state index is -1.95. The molecule has 1 fully saturated rings. The van der Waals surface area contributed by atoms with E-state index >= 15 is 0 Å². The summed E-state index contributed by atoms with van der Waals surface area (Å²) >= 11 is 0. The Morgan fingerprint density at radius 3 is 1.85 bits per heavy atom. The molecule has 0 saturated carbocycles. The number of amides is 1. The first kappa shape index (κ1) is 24.9. The van der Waals surface area contributed by atoms with Crippen molar-refractivity contribution in [3.63, 3.8) is 0 Å². The summed E-state index contributed by atoms with van der Waals surface area (Å²) in [4.78, 5) is 11.9. The van der Waals surface area contributed by atoms with Crippen LogP contribution in [0.5, 0.6) is 0 Å². The number of nitrogens with one attached hydrogen (secondary N) is 1. The van der Waals surface area contributed by atoms with Crippen molar-refractivity contribution in [3.05, 3.63) is 0 Å². The Morgan fingerprint density at radius 1 is 1.04 bits per heavy atom. The molecule has 6 heteroatoms. The largest absolute Gasteiger partial charge is 0.413 e. The average molecular weight is 416 g/mol. The molecule has 27 heavy (non-hydrogen) atoms. The topological polar surface area (TPSA) is 47.6 Å². The van der Waals surface area contributed by atoms with Crippen molar-refractivity contribution in [2.24, 2.45) is 5.92 Å². The molecule has 0 radical (unpaired) electrons. The summed E-state index contributed by atoms with van der Waals surface area (Å²) in [7, 11) is -3.89. The SMILES string of the molecule is CC(C)[Si](OCC(O[Si](C)(C)C(C)(C)C)[C@H]1CNC(=O)C1)(C(C)C)C(C)C. The van der Waals surface area contributed by atoms with E-state index in [-0.39, 0.29) is 23.0 Å². The van der Waals surface area contributed by atoms with E-state index < -0.39 is 16.6 Å². The second-order valence-electron chi connectivity index (χ2n) is 10.8. The van der Waals surface area contributed by atoms with Gasteiger partial charge in [-0.25, -0.2) is 0 Å². The molecule has 2 atom stereocenters. The summed E-state index contributed by atoms with van der Waals surface area (Å²) in [5.41, 5.74) is 1.65. The third-order valence-corrected chi connectivity index (χ3v) is 17.6. The van der Waals surface area contributed by atoms with Crippen molar-refractivity contribution in [1.29, 1.82) is 0 Å². The quantitative estimate of drug-likeness (QED) is 0.491. The van der Waals surface area contributed by atoms with Gasteiger partial charge in [0.15, 0.2) is 16.6 Å². The number of carbonyl (C=O) groups is 1. The maximum absolute atomic E-state index is 11.9. The minimum Gasteiger partial charge on any atom is -0.413 e. The minimum absolute atomic E-state index is 0.00651. The molecule has 1 aliphatic heterocycles. The van der Waals surface area contributed by atoms with Gasteiger partial charge in [-0.1, -0.05) is 62.3 Å². The van der Waals surface area contributed by atoms with Gasteiger partial charge in [0.2, 0.25) is 5.91 Å². The molecular formula is C21H45NO3Si2. The molecule has 1 saturated heterocycles. The maximum Gasteiger partial charge on any atom is 0.220 e. The Kier molecular flexibility index (Phi) is 8.38. The lowest BCUT2D eigenvalue weighted by molar-refractivity contribution is -0.119. The van der Waals surface area contributed by atoms with Gasteiger partial charge in [0, 0.05) is 18.9 Å². The van der Waals surface area contributed by atoms with E-state index in [0.29, 0.717) is 36.2 Å². The van der Waals surface area contributed by atoms with Crippen LogP contribution in [0.2, 0.25) is 34.8 Å². The van der Waals surface area contributed by atoms with E-state index in [1.165, 1.54) is 0 Å². The molecule has 0 bridgehead atoms. The Balaban J connectivity index is 3.08. The lowest BCUT2D eigenvalue weighted by Crippen LogP contribution is -2.52. The van der Waals surface area contributed by atoms with Gasteiger partial charge in [-0.3, -0.25) is 4.79 Å². The predicted octanol–water partition coefficient (Wildman–Crippen LogP) is 5.71. The van der Waals surface area contributed by atoms with Gasteiger partial charge in [-0.15, -0.1) is 0 Å². The zero-order chi connectivity index (χ0) is 21.2. The number of hydrogen-bond acceptors (Lipinski definition) is 3. The fraction of sp³-hybridized carbons (Fsp3) is 0.952. The van der Waals surface area contributed by atoms with Gasteiger partial charge in [0.25, 0.3) is 0 Å². The zero-order valence-corrected chi connectivity index (χ0v) is 21.7. The maximum atomic E-state index is 11.9. The first-order valence-electron chi connectivity index (χ1n) is 10.7. The van der Waals surface area contributed by atoms with Crippen LogP contribution in [-0.2, 0) is 13.6 Å². The summed E-state index contributed by atoms with van der Waals surface area (Å²) in [5.74, 6) is 0.355. The second-order valence-corrected chi connectivity index (χ2v) is 21.0. The fourth-order valence-corrected chi connectivity index (χ4v) is 11.3. The van der Waals surface area contributed by atoms with Crippen LogP contribution in [0.15, 0.2) is 0 Å². The summed E-state index contributed by atoms with van der Waals surface area (Å²) in [6, 6.07) is 0. The van der Waals surface area contributed by atoms with Crippen molar-refractivity contribution in [1.82, 2.24) is 5.32 Å². The van der Waals surface area contributed by atoms with E-state index in [1.54, 1.807) is 0 Å². The molecule has 1 heterocycles. The smallest absolute Gasteiger partial charge is 0.220 e. The van der Waals surface area contributed by atoms with Gasteiger partial charge in [0.1, 0.15) is 0 Å². The molecule has 1 aliphatic rings. The highest BCUT2D eigenvalue weighted by Crippen LogP contribution is 2.43. The van der Waals surface area contributed by atoms with Gasteiger partial charge < -0.3 is 14.2 Å². The summed E-state index contributed by atoms with van der Waals surface area (Å²) < 4.78 is 13.7. The van der Waals surface area contributed by atoms with Gasteiger partial charge in [-0.05, 0) is 34.8 Å². The molecule has 0 aliphatic carbocycles. The molecule has 4 nitrogen and oxygen atoms in total. The highest BCUT2D eigenvalue weighted by atomic mass is 28.4. The van der Waals surface area contributed by atoms with Crippen LogP contribution < -0.4 is 5.32 Å². The number of carbonyl (C=O) groups excluding carboxylic acids is 1. The van der Waals surface area contributed by atoms with Crippen LogP contribution in [0.4, 0.5) is 0 Å². The van der Waals surface area contributed by atoms with Crippen LogP contribution in [0.3, 0.4) is 0 Å². The van der Waals surface area contributed by atoms with E-state index in [9.17, 15) is 4.79 Å². The van der Waals surface area contributed by atoms with Crippen molar-refractivity contribution in [2.45, 2.75) is 110 Å². The molecule has 0 aromatic rings. The lowest BCUT2D eigenvalue weighted by atomic mass is 10.0. The molecule has 160 valence electrons. The van der Waals surface area contributed by atoms with E-state index in [0.717, 1.165) is 0 Å². The monoisotopic (exact) mass is 415 g/mol. The molecule has 0 spiro atoms. The van der Waals surface area contributed by atoms with Crippen LogP contribution in [0.1, 0.15) is 68.7 Å². The first-order chi connectivity index (χ1) is 12.1. The van der Waals surface area contributed by atoms with E-state index in [1.807, 2.05) is 0 Å². The van der Waals surface area contributed by atoms with Gasteiger partial charge in [-0.2, -0.15) is 0 Å². The van der Waals surface area contributed by atoms with Crippen molar-refractivity contribution >= 4 is 22.5 Å². The second kappa shape index (κ2) is 9.10. The van der Waals surface area contributed by atoms with Gasteiger partial charge in [0.05, 0.1) is 12.7 Å². The van der Waals surface area contributed by atoms with Crippen molar-refractivity contribution in [3.8, 4) is 0 Å². The summed E-state index contributed by atoms with van der Waals surface area (Å²) in [6.45, 7) is 26.6. The molecule has 0 aromatic heterocycles. The van der Waals surface area contributed by atoms with Crippen molar-refractivity contribution in [2.75, 3.05) is 13.2 Å². The Labute approximate surface area is 170 Å². The average Bonchev–Trinajstić information content (AvgIpc) is 2.90. The Bertz CT molecular complexity index is 476. The molecule has 1 rings (SSSR count). The van der Waals surface area contributed by atoms with Crippen molar-refractivity contribution < 1.29 is 13.6 Å². The fourth-order valence-electron chi connectivity index (χ4n) is 4.44. The van der Waals surface area contributed by atoms with Crippen LogP contribution in [0, 0.1) is 5.92 Å². The van der Waals surface area contributed by atoms with E-state index in [2.05, 4.69) is 80.7 Å². The van der Waals surface area contributed by atoms with E-state index in [4.69, 9.17) is 8.85 Å². The summed E-state index contributed by atoms with van der Waals surface area (Å²) in [5, 5.41) is 3.14. The molecule has 1 amide bonds. The molecule has 1 unspecified atom stereocenters.